The Labute approximate surface area is 892 Å². The Hall–Kier alpha value is -13.5. The number of hydrogen-bond donors (Lipinski definition) is 0. The minimum Gasteiger partial charge on any atom is -0.422 e. The molecule has 0 aliphatic carbocycles. The largest absolute Gasteiger partial charge is 0.422 e. The lowest BCUT2D eigenvalue weighted by Crippen LogP contribution is -2.67. The summed E-state index contributed by atoms with van der Waals surface area (Å²) in [6, 6.07) is 132. The summed E-state index contributed by atoms with van der Waals surface area (Å²) >= 11 is 0. The third kappa shape index (κ3) is 32.5. The number of esters is 5. The van der Waals surface area contributed by atoms with Crippen LogP contribution in [0.15, 0.2) is 394 Å². The number of carbonyl (C=O) groups is 5. The third-order valence-electron chi connectivity index (χ3n) is 27.9. The van der Waals surface area contributed by atoms with Crippen molar-refractivity contribution < 1.29 is 68.2 Å². The van der Waals surface area contributed by atoms with E-state index in [0.717, 1.165) is 274 Å². The topological polar surface area (TPSA) is 178 Å². The second-order valence-electron chi connectivity index (χ2n) is 40.6. The van der Waals surface area contributed by atoms with Crippen LogP contribution in [-0.4, -0.2) is 72.7 Å². The lowest BCUT2D eigenvalue weighted by molar-refractivity contribution is 0.0726. The molecule has 0 amide bonds. The molecule has 0 saturated carbocycles. The summed E-state index contributed by atoms with van der Waals surface area (Å²) in [5.41, 5.74) is 17.4. The van der Waals surface area contributed by atoms with Crippen LogP contribution in [0.25, 0.3) is 55.6 Å². The predicted octanol–water partition coefficient (Wildman–Crippen LogP) is 33.9. The lowest BCUT2D eigenvalue weighted by Gasteiger charge is -2.51. The quantitative estimate of drug-likeness (QED) is 0.0152. The number of para-hydroxylation sites is 5. The molecule has 1 atom stereocenters. The molecule has 0 N–H and O–H groups in total. The summed E-state index contributed by atoms with van der Waals surface area (Å²) < 4.78 is 71.3. The zero-order valence-corrected chi connectivity index (χ0v) is 92.4. The first-order valence-electron chi connectivity index (χ1n) is 53.9. The average Bonchev–Trinajstić information content (AvgIpc) is 0.759. The van der Waals surface area contributed by atoms with Crippen LogP contribution in [0.3, 0.4) is 0 Å². The Balaban J connectivity index is 0.652. The van der Waals surface area contributed by atoms with E-state index in [2.05, 4.69) is 93.4 Å². The van der Waals surface area contributed by atoms with Crippen LogP contribution in [0.5, 0.6) is 28.7 Å². The number of unbranched alkanes of at least 4 members (excludes halogenated alkanes) is 15. The van der Waals surface area contributed by atoms with Gasteiger partial charge in [0.25, 0.3) is 0 Å². The van der Waals surface area contributed by atoms with E-state index < -0.39 is 72.7 Å². The van der Waals surface area contributed by atoms with Gasteiger partial charge in [-0.1, -0.05) is 400 Å². The van der Waals surface area contributed by atoms with E-state index in [4.69, 9.17) is 44.3 Å². The third-order valence-corrected chi connectivity index (χ3v) is 50.9. The number of rotatable bonds is 50. The number of carbonyl (C=O) groups excluding carboxylic acids is 5. The van der Waals surface area contributed by atoms with Crippen molar-refractivity contribution in [2.24, 2.45) is 0 Å². The fourth-order valence-electron chi connectivity index (χ4n) is 20.5. The molecule has 0 spiro atoms. The van der Waals surface area contributed by atoms with Crippen molar-refractivity contribution in [3.8, 4) is 84.4 Å². The Morgan fingerprint density at radius 2 is 0.367 bits per heavy atom. The Morgan fingerprint density at radius 3 is 0.593 bits per heavy atom. The maximum absolute atomic E-state index is 13.9. The van der Waals surface area contributed by atoms with Crippen LogP contribution in [0.2, 0.25) is 63.0 Å². The molecule has 1 aliphatic heterocycles. The van der Waals surface area contributed by atoms with E-state index in [1.165, 1.54) is 0 Å². The first kappa shape index (κ1) is 109. The summed E-state index contributed by atoms with van der Waals surface area (Å²) in [7, 11) is -16.3. The first-order chi connectivity index (χ1) is 73.1. The molecule has 1 heterocycles. The Bertz CT molecular complexity index is 6520. The summed E-state index contributed by atoms with van der Waals surface area (Å²) in [5, 5.41) is 0. The Morgan fingerprint density at radius 1 is 0.180 bits per heavy atom. The number of aryl methyl sites for hydroxylation is 5. The summed E-state index contributed by atoms with van der Waals surface area (Å²) in [4.78, 5) is 69.1. The van der Waals surface area contributed by atoms with Crippen LogP contribution >= 0.6 is 0 Å². The molecule has 16 rings (SSSR count). The number of ether oxygens (including phenoxy) is 5. The molecule has 1 unspecified atom stereocenters. The highest BCUT2D eigenvalue weighted by molar-refractivity contribution is 6.94. The molecule has 0 radical (unpaired) electrons. The Kier molecular flexibility index (Phi) is 39.9. The first-order valence-corrected chi connectivity index (χ1v) is 66.6. The van der Waals surface area contributed by atoms with Gasteiger partial charge in [0.15, 0.2) is 0 Å². The van der Waals surface area contributed by atoms with Crippen molar-refractivity contribution in [2.45, 2.75) is 223 Å². The van der Waals surface area contributed by atoms with Gasteiger partial charge in [-0.3, -0.25) is 0 Å². The number of benzene rings is 15. The molecule has 770 valence electrons. The van der Waals surface area contributed by atoms with Crippen LogP contribution < -0.4 is 23.7 Å². The molecule has 15 aromatic carbocycles. The highest BCUT2D eigenvalue weighted by Gasteiger charge is 2.57. The summed E-state index contributed by atoms with van der Waals surface area (Å²) in [6.45, 7) is 11.3. The molecule has 1 saturated heterocycles. The summed E-state index contributed by atoms with van der Waals surface area (Å²) in [5.74, 6) is 0.589. The average molecular weight is 2080 g/mol. The van der Waals surface area contributed by atoms with Gasteiger partial charge in [-0.05, 0) is 274 Å². The minimum absolute atomic E-state index is 0.396. The molecule has 1 aliphatic rings. The monoisotopic (exact) mass is 2080 g/mol. The van der Waals surface area contributed by atoms with Gasteiger partial charge in [-0.25, -0.2) is 24.0 Å². The van der Waals surface area contributed by atoms with Crippen molar-refractivity contribution in [2.75, 3.05) is 0 Å². The highest BCUT2D eigenvalue weighted by Crippen LogP contribution is 2.45. The molecule has 1 fully saturated rings. The van der Waals surface area contributed by atoms with Gasteiger partial charge in [0.1, 0.15) is 28.7 Å². The van der Waals surface area contributed by atoms with Gasteiger partial charge >= 0.3 is 72.7 Å². The van der Waals surface area contributed by atoms with Crippen LogP contribution in [0, 0.1) is 0 Å². The van der Waals surface area contributed by atoms with E-state index in [9.17, 15) is 24.0 Å². The van der Waals surface area contributed by atoms with Crippen molar-refractivity contribution in [1.29, 1.82) is 0 Å². The molecule has 0 aromatic heterocycles. The van der Waals surface area contributed by atoms with E-state index in [1.54, 1.807) is 0 Å². The zero-order valence-electron chi connectivity index (χ0n) is 87.4. The van der Waals surface area contributed by atoms with Crippen molar-refractivity contribution in [3.05, 3.63) is 450 Å². The lowest BCUT2D eigenvalue weighted by atomic mass is 10.0. The predicted molar refractivity (Wildman–Crippen MR) is 615 cm³/mol. The standard InChI is InChI=1S/C130H140O15Si5/c1-146(2)141-147(3,4)143-149(97-47-12-7-22-52-102-78-88-112(89-79-102)127(132)137-122-72-42-37-67-117(122)107-58-28-17-29-59-107,98-48-13-8-23-53-103-80-90-113(91-81-103)128(133)138-123-73-43-38-68-118(123)108-60-30-18-31-61-108)145-150(99-49-14-9-24-54-104-82-92-114(93-83-104)129(134)139-124-74-44-39-69-119(124)109-62-32-19-33-63-109,100-50-15-10-25-55-105-84-94-115(95-85-105)130(135)140-125-75-45-40-70-120(125)110-64-34-20-35-65-110)144-148(5,142-146)96-46-11-6-21-51-101-76-86-111(87-77-101)126(131)136-121-71-41-36-66-116(121)106-56-26-16-27-57-106/h16-20,26-45,56-95H,6-15,21-25,46-55,96-100H2,1-5H3. The fraction of sp³-hybridized carbons (Fsp3) is 0.269. The van der Waals surface area contributed by atoms with Crippen LogP contribution in [0.4, 0.5) is 0 Å². The molecular formula is C130H140O15Si5. The smallest absolute Gasteiger partial charge is 0.343 e. The van der Waals surface area contributed by atoms with Crippen molar-refractivity contribution >= 4 is 72.7 Å². The maximum Gasteiger partial charge on any atom is 0.343 e. The second-order valence-corrected chi connectivity index (χ2v) is 58.7. The fourth-order valence-corrected chi connectivity index (χ4v) is 50.2. The van der Waals surface area contributed by atoms with Gasteiger partial charge in [-0.15, -0.1) is 0 Å². The van der Waals surface area contributed by atoms with Crippen molar-refractivity contribution in [3.63, 3.8) is 0 Å². The molecule has 150 heavy (non-hydrogen) atoms. The maximum atomic E-state index is 13.9. The van der Waals surface area contributed by atoms with Gasteiger partial charge in [0, 0.05) is 27.8 Å². The molecule has 15 nitrogen and oxygen atoms in total. The van der Waals surface area contributed by atoms with Gasteiger partial charge in [0.2, 0.25) is 0 Å². The van der Waals surface area contributed by atoms with Crippen molar-refractivity contribution in [1.82, 2.24) is 0 Å². The molecular weight excluding hydrogens is 1940 g/mol. The normalized spacial score (nSPS) is 14.5. The SMILES string of the molecule is C[Si]1(C)O[Si](C)(C)O[Si](CCCCCCc2ccc(C(=O)Oc3ccccc3-c3ccccc3)cc2)(CCCCCCc2ccc(C(=O)Oc3ccccc3-c3ccccc3)cc2)O[Si](CCCCCCc2ccc(C(=O)Oc3ccccc3-c3ccccc3)cc2)(CCCCCCc2ccc(C(=O)Oc3ccccc3-c3ccccc3)cc2)O[Si](C)(CCCCCCc2ccc(C(=O)Oc3ccccc3-c3ccccc3)cc2)O1. The number of hydrogen-bond acceptors (Lipinski definition) is 15. The van der Waals surface area contributed by atoms with E-state index >= 15 is 0 Å². The van der Waals surface area contributed by atoms with Gasteiger partial charge in [-0.2, -0.15) is 0 Å². The molecule has 15 aromatic rings. The molecule has 0 bridgehead atoms. The van der Waals surface area contributed by atoms with E-state index in [-0.39, 0.29) is 0 Å². The highest BCUT2D eigenvalue weighted by atomic mass is 28.5. The van der Waals surface area contributed by atoms with Crippen LogP contribution in [-0.2, 0) is 52.7 Å². The van der Waals surface area contributed by atoms with Crippen LogP contribution in [0.1, 0.15) is 208 Å². The van der Waals surface area contributed by atoms with Gasteiger partial charge < -0.3 is 44.3 Å². The van der Waals surface area contributed by atoms with E-state index in [1.807, 2.05) is 334 Å². The second kappa shape index (κ2) is 54.8. The molecule has 20 heteroatoms. The summed E-state index contributed by atoms with van der Waals surface area (Å²) in [6.07, 6.45) is 23.3. The minimum atomic E-state index is -3.44. The zero-order chi connectivity index (χ0) is 104. The van der Waals surface area contributed by atoms with Gasteiger partial charge in [0.05, 0.1) is 27.8 Å². The van der Waals surface area contributed by atoms with E-state index in [0.29, 0.717) is 56.6 Å².